The van der Waals surface area contributed by atoms with Crippen LogP contribution in [0, 0.1) is 0 Å². The molecule has 3 rings (SSSR count). The van der Waals surface area contributed by atoms with Gasteiger partial charge in [0.1, 0.15) is 24.7 Å². The highest BCUT2D eigenvalue weighted by Crippen LogP contribution is 2.32. The van der Waals surface area contributed by atoms with Crippen LogP contribution in [0.2, 0.25) is 5.02 Å². The zero-order valence-electron chi connectivity index (χ0n) is 17.9. The molecule has 0 saturated carbocycles. The topological polar surface area (TPSA) is 84.9 Å². The van der Waals surface area contributed by atoms with Crippen molar-refractivity contribution in [1.82, 2.24) is 0 Å². The van der Waals surface area contributed by atoms with E-state index in [4.69, 9.17) is 21.1 Å². The van der Waals surface area contributed by atoms with Crippen molar-refractivity contribution in [3.8, 4) is 11.5 Å². The maximum Gasteiger partial charge on any atom is 0.264 e. The van der Waals surface area contributed by atoms with Crippen LogP contribution < -0.4 is 19.1 Å². The Morgan fingerprint density at radius 3 is 2.39 bits per heavy atom. The molecule has 3 aromatic rings. The van der Waals surface area contributed by atoms with Gasteiger partial charge in [-0.2, -0.15) is 0 Å². The first kappa shape index (κ1) is 24.2. The van der Waals surface area contributed by atoms with E-state index in [1.54, 1.807) is 54.6 Å². The molecular formula is C24H23ClN2O5S. The van der Waals surface area contributed by atoms with Crippen molar-refractivity contribution in [2.24, 2.45) is 0 Å². The van der Waals surface area contributed by atoms with Crippen LogP contribution in [0.25, 0.3) is 0 Å². The van der Waals surface area contributed by atoms with Gasteiger partial charge in [0.2, 0.25) is 5.91 Å². The molecular weight excluding hydrogens is 464 g/mol. The van der Waals surface area contributed by atoms with Gasteiger partial charge in [-0.25, -0.2) is 8.42 Å². The van der Waals surface area contributed by atoms with Crippen molar-refractivity contribution in [3.63, 3.8) is 0 Å². The number of amides is 1. The highest BCUT2D eigenvalue weighted by atomic mass is 35.5. The van der Waals surface area contributed by atoms with Crippen LogP contribution in [0.3, 0.4) is 0 Å². The zero-order valence-corrected chi connectivity index (χ0v) is 19.5. The second kappa shape index (κ2) is 10.9. The molecule has 9 heteroatoms. The van der Waals surface area contributed by atoms with E-state index in [1.165, 1.54) is 31.4 Å². The third kappa shape index (κ3) is 6.06. The quantitative estimate of drug-likeness (QED) is 0.418. The lowest BCUT2D eigenvalue weighted by atomic mass is 10.3. The Hall–Kier alpha value is -3.49. The highest BCUT2D eigenvalue weighted by molar-refractivity contribution is 7.92. The molecule has 0 heterocycles. The minimum absolute atomic E-state index is 0.0495. The van der Waals surface area contributed by atoms with Gasteiger partial charge in [-0.05, 0) is 54.6 Å². The van der Waals surface area contributed by atoms with Gasteiger partial charge in [-0.15, -0.1) is 0 Å². The van der Waals surface area contributed by atoms with Gasteiger partial charge >= 0.3 is 0 Å². The van der Waals surface area contributed by atoms with Crippen LogP contribution in [-0.2, 0) is 14.8 Å². The minimum atomic E-state index is -4.05. The molecule has 0 spiro atoms. The van der Waals surface area contributed by atoms with E-state index in [-0.39, 0.29) is 15.6 Å². The summed E-state index contributed by atoms with van der Waals surface area (Å²) in [4.78, 5) is 12.9. The fourth-order valence-corrected chi connectivity index (χ4v) is 4.65. The number of hydrogen-bond acceptors (Lipinski definition) is 5. The number of hydrogen-bond donors (Lipinski definition) is 1. The summed E-state index contributed by atoms with van der Waals surface area (Å²) in [5.74, 6) is 0.482. The number of nitrogens with zero attached hydrogens (tertiary/aromatic N) is 1. The van der Waals surface area contributed by atoms with Crippen molar-refractivity contribution < 1.29 is 22.7 Å². The molecule has 0 aromatic heterocycles. The van der Waals surface area contributed by atoms with Crippen LogP contribution in [0.5, 0.6) is 11.5 Å². The number of carbonyl (C=O) groups is 1. The van der Waals surface area contributed by atoms with Gasteiger partial charge in [0.25, 0.3) is 10.0 Å². The van der Waals surface area contributed by atoms with Gasteiger partial charge in [0, 0.05) is 5.69 Å². The summed E-state index contributed by atoms with van der Waals surface area (Å²) < 4.78 is 38.3. The van der Waals surface area contributed by atoms with Gasteiger partial charge in [0.05, 0.1) is 22.7 Å². The van der Waals surface area contributed by atoms with E-state index < -0.39 is 22.5 Å². The monoisotopic (exact) mass is 486 g/mol. The SMILES string of the molecule is C=CCOc1ccc(NC(=O)CN(c2ccc(OC)c(Cl)c2)S(=O)(=O)c2ccccc2)cc1. The van der Waals surface area contributed by atoms with Gasteiger partial charge in [0.15, 0.2) is 0 Å². The summed E-state index contributed by atoms with van der Waals surface area (Å²) in [6.45, 7) is 3.49. The van der Waals surface area contributed by atoms with E-state index >= 15 is 0 Å². The summed E-state index contributed by atoms with van der Waals surface area (Å²) in [5, 5.41) is 2.93. The normalized spacial score (nSPS) is 10.8. The van der Waals surface area contributed by atoms with Gasteiger partial charge in [-0.1, -0.05) is 42.5 Å². The molecule has 33 heavy (non-hydrogen) atoms. The van der Waals surface area contributed by atoms with Crippen LogP contribution in [-0.4, -0.2) is 34.6 Å². The van der Waals surface area contributed by atoms with Crippen LogP contribution in [0.1, 0.15) is 0 Å². The molecule has 0 aliphatic carbocycles. The molecule has 7 nitrogen and oxygen atoms in total. The molecule has 0 atom stereocenters. The first-order chi connectivity index (χ1) is 15.8. The number of anilines is 2. The van der Waals surface area contributed by atoms with Crippen LogP contribution in [0.15, 0.2) is 90.3 Å². The maximum absolute atomic E-state index is 13.4. The molecule has 0 aliphatic heterocycles. The molecule has 0 bridgehead atoms. The van der Waals surface area contributed by atoms with Crippen molar-refractivity contribution in [2.45, 2.75) is 4.90 Å². The summed E-state index contributed by atoms with van der Waals surface area (Å²) in [5.41, 5.74) is 0.726. The summed E-state index contributed by atoms with van der Waals surface area (Å²) in [6, 6.07) is 19.1. The first-order valence-electron chi connectivity index (χ1n) is 9.90. The Labute approximate surface area is 198 Å². The Kier molecular flexibility index (Phi) is 7.97. The van der Waals surface area contributed by atoms with E-state index in [0.29, 0.717) is 23.8 Å². The van der Waals surface area contributed by atoms with E-state index in [1.807, 2.05) is 0 Å². The minimum Gasteiger partial charge on any atom is -0.495 e. The molecule has 3 aromatic carbocycles. The average molecular weight is 487 g/mol. The van der Waals surface area contributed by atoms with Crippen molar-refractivity contribution in [1.29, 1.82) is 0 Å². The largest absolute Gasteiger partial charge is 0.495 e. The molecule has 0 unspecified atom stereocenters. The summed E-state index contributed by atoms with van der Waals surface area (Å²) in [7, 11) is -2.59. The average Bonchev–Trinajstić information content (AvgIpc) is 2.82. The smallest absolute Gasteiger partial charge is 0.264 e. The fraction of sp³-hybridized carbons (Fsp3) is 0.125. The molecule has 0 fully saturated rings. The van der Waals surface area contributed by atoms with Gasteiger partial charge in [-0.3, -0.25) is 9.10 Å². The van der Waals surface area contributed by atoms with Crippen molar-refractivity contribution in [2.75, 3.05) is 29.9 Å². The lowest BCUT2D eigenvalue weighted by molar-refractivity contribution is -0.114. The Bertz CT molecular complexity index is 1220. The van der Waals surface area contributed by atoms with E-state index in [2.05, 4.69) is 11.9 Å². The molecule has 0 saturated heterocycles. The van der Waals surface area contributed by atoms with Crippen molar-refractivity contribution in [3.05, 3.63) is 90.5 Å². The number of halogens is 1. The lowest BCUT2D eigenvalue weighted by Crippen LogP contribution is -2.38. The summed E-state index contributed by atoms with van der Waals surface area (Å²) >= 11 is 6.22. The van der Waals surface area contributed by atoms with E-state index in [0.717, 1.165) is 4.31 Å². The number of benzene rings is 3. The first-order valence-corrected chi connectivity index (χ1v) is 11.7. The highest BCUT2D eigenvalue weighted by Gasteiger charge is 2.27. The number of sulfonamides is 1. The lowest BCUT2D eigenvalue weighted by Gasteiger charge is -2.24. The number of nitrogens with one attached hydrogen (secondary N) is 1. The maximum atomic E-state index is 13.4. The number of methoxy groups -OCH3 is 1. The molecule has 1 amide bonds. The number of rotatable bonds is 10. The second-order valence-corrected chi connectivity index (χ2v) is 9.09. The Morgan fingerprint density at radius 2 is 1.79 bits per heavy atom. The third-order valence-electron chi connectivity index (χ3n) is 4.55. The molecule has 1 N–H and O–H groups in total. The van der Waals surface area contributed by atoms with Crippen molar-refractivity contribution >= 4 is 38.9 Å². The predicted octanol–water partition coefficient (Wildman–Crippen LogP) is 4.75. The number of ether oxygens (including phenoxy) is 2. The Morgan fingerprint density at radius 1 is 1.09 bits per heavy atom. The third-order valence-corrected chi connectivity index (χ3v) is 6.63. The standard InChI is InChI=1S/C24H23ClN2O5S/c1-3-15-32-20-12-9-18(10-13-20)26-24(28)17-27(19-11-14-23(31-2)22(25)16-19)33(29,30)21-7-5-4-6-8-21/h3-14,16H,1,15,17H2,2H3,(H,26,28). The number of carbonyl (C=O) groups excluding carboxylic acids is 1. The predicted molar refractivity (Wildman–Crippen MR) is 130 cm³/mol. The van der Waals surface area contributed by atoms with E-state index in [9.17, 15) is 13.2 Å². The van der Waals surface area contributed by atoms with Crippen LogP contribution in [0.4, 0.5) is 11.4 Å². The molecule has 172 valence electrons. The van der Waals surface area contributed by atoms with Gasteiger partial charge < -0.3 is 14.8 Å². The van der Waals surface area contributed by atoms with Crippen LogP contribution >= 0.6 is 11.6 Å². The molecule has 0 radical (unpaired) electrons. The summed E-state index contributed by atoms with van der Waals surface area (Å²) in [6.07, 6.45) is 1.63. The fourth-order valence-electron chi connectivity index (χ4n) is 2.97. The second-order valence-electron chi connectivity index (χ2n) is 6.82. The molecule has 0 aliphatic rings. The Balaban J connectivity index is 1.87. The zero-order chi connectivity index (χ0) is 23.8.